The summed E-state index contributed by atoms with van der Waals surface area (Å²) in [6.45, 7) is 3.97. The van der Waals surface area contributed by atoms with Gasteiger partial charge in [-0.05, 0) is 18.9 Å². The SMILES string of the molecule is CCCCCC(=O)NC(C)C(O)Cc1ccccc1. The van der Waals surface area contributed by atoms with Gasteiger partial charge in [0, 0.05) is 12.8 Å². The highest BCUT2D eigenvalue weighted by Crippen LogP contribution is 2.06. The fourth-order valence-electron chi connectivity index (χ4n) is 1.99. The summed E-state index contributed by atoms with van der Waals surface area (Å²) in [5.74, 6) is 0.0352. The lowest BCUT2D eigenvalue weighted by atomic mass is 10.0. The first kappa shape index (κ1) is 15.7. The molecule has 0 aromatic heterocycles. The first-order valence-corrected chi connectivity index (χ1v) is 7.14. The maximum Gasteiger partial charge on any atom is 0.220 e. The minimum atomic E-state index is -0.544. The molecule has 0 aliphatic rings. The van der Waals surface area contributed by atoms with Crippen LogP contribution >= 0.6 is 0 Å². The van der Waals surface area contributed by atoms with E-state index in [9.17, 15) is 9.90 Å². The quantitative estimate of drug-likeness (QED) is 0.708. The highest BCUT2D eigenvalue weighted by atomic mass is 16.3. The van der Waals surface area contributed by atoms with Gasteiger partial charge in [-0.2, -0.15) is 0 Å². The van der Waals surface area contributed by atoms with E-state index in [2.05, 4.69) is 12.2 Å². The maximum atomic E-state index is 11.7. The van der Waals surface area contributed by atoms with Gasteiger partial charge >= 0.3 is 0 Å². The molecule has 0 saturated carbocycles. The van der Waals surface area contributed by atoms with Crippen LogP contribution in [0, 0.1) is 0 Å². The zero-order chi connectivity index (χ0) is 14.1. The molecule has 0 aliphatic heterocycles. The van der Waals surface area contributed by atoms with E-state index in [0.717, 1.165) is 24.8 Å². The molecule has 1 rings (SSSR count). The molecule has 2 N–H and O–H groups in total. The summed E-state index contributed by atoms with van der Waals surface area (Å²) >= 11 is 0. The van der Waals surface area contributed by atoms with E-state index in [-0.39, 0.29) is 11.9 Å². The third-order valence-electron chi connectivity index (χ3n) is 3.26. The Morgan fingerprint density at radius 2 is 1.95 bits per heavy atom. The van der Waals surface area contributed by atoms with Crippen molar-refractivity contribution in [1.82, 2.24) is 5.32 Å². The molecule has 0 radical (unpaired) electrons. The number of hydrogen-bond donors (Lipinski definition) is 2. The molecule has 3 heteroatoms. The van der Waals surface area contributed by atoms with E-state index < -0.39 is 6.10 Å². The second kappa shape index (κ2) is 8.70. The number of carbonyl (C=O) groups excluding carboxylic acids is 1. The van der Waals surface area contributed by atoms with Crippen molar-refractivity contribution < 1.29 is 9.90 Å². The lowest BCUT2D eigenvalue weighted by Gasteiger charge is -2.20. The zero-order valence-electron chi connectivity index (χ0n) is 11.9. The molecule has 1 amide bonds. The van der Waals surface area contributed by atoms with Crippen LogP contribution in [0.4, 0.5) is 0 Å². The molecule has 0 spiro atoms. The van der Waals surface area contributed by atoms with Gasteiger partial charge in [-0.15, -0.1) is 0 Å². The molecule has 1 aromatic carbocycles. The van der Waals surface area contributed by atoms with Crippen molar-refractivity contribution in [2.75, 3.05) is 0 Å². The molecular formula is C16H25NO2. The number of aliphatic hydroxyl groups excluding tert-OH is 1. The molecule has 0 fully saturated rings. The predicted molar refractivity (Wildman–Crippen MR) is 77.9 cm³/mol. The van der Waals surface area contributed by atoms with Crippen molar-refractivity contribution in [3.8, 4) is 0 Å². The van der Waals surface area contributed by atoms with Crippen LogP contribution in [0.25, 0.3) is 0 Å². The van der Waals surface area contributed by atoms with E-state index in [4.69, 9.17) is 0 Å². The van der Waals surface area contributed by atoms with Crippen molar-refractivity contribution in [2.24, 2.45) is 0 Å². The minimum absolute atomic E-state index is 0.0352. The molecule has 106 valence electrons. The molecule has 2 unspecified atom stereocenters. The number of nitrogens with one attached hydrogen (secondary N) is 1. The summed E-state index contributed by atoms with van der Waals surface area (Å²) in [5, 5.41) is 12.9. The van der Waals surface area contributed by atoms with Crippen molar-refractivity contribution in [1.29, 1.82) is 0 Å². The van der Waals surface area contributed by atoms with Gasteiger partial charge in [0.1, 0.15) is 0 Å². The van der Waals surface area contributed by atoms with Crippen LogP contribution in [0.2, 0.25) is 0 Å². The summed E-state index contributed by atoms with van der Waals surface area (Å²) in [6.07, 6.45) is 3.68. The first-order chi connectivity index (χ1) is 9.13. The highest BCUT2D eigenvalue weighted by Gasteiger charge is 2.16. The Labute approximate surface area is 116 Å². The first-order valence-electron chi connectivity index (χ1n) is 7.14. The van der Waals surface area contributed by atoms with Gasteiger partial charge in [-0.1, -0.05) is 50.1 Å². The number of unbranched alkanes of at least 4 members (excludes halogenated alkanes) is 2. The standard InChI is InChI=1S/C16H25NO2/c1-3-4-6-11-16(19)17-13(2)15(18)12-14-9-7-5-8-10-14/h5,7-10,13,15,18H,3-4,6,11-12H2,1-2H3,(H,17,19). The Morgan fingerprint density at radius 1 is 1.26 bits per heavy atom. The van der Waals surface area contributed by atoms with Crippen molar-refractivity contribution >= 4 is 5.91 Å². The fraction of sp³-hybridized carbons (Fsp3) is 0.562. The predicted octanol–water partition coefficient (Wildman–Crippen LogP) is 2.68. The average Bonchev–Trinajstić information content (AvgIpc) is 2.40. The lowest BCUT2D eigenvalue weighted by molar-refractivity contribution is -0.122. The molecule has 0 saturated heterocycles. The largest absolute Gasteiger partial charge is 0.391 e. The van der Waals surface area contributed by atoms with Crippen LogP contribution in [-0.4, -0.2) is 23.2 Å². The summed E-state index contributed by atoms with van der Waals surface area (Å²) in [4.78, 5) is 11.7. The molecule has 19 heavy (non-hydrogen) atoms. The Balaban J connectivity index is 2.32. The van der Waals surface area contributed by atoms with E-state index in [0.29, 0.717) is 12.8 Å². The van der Waals surface area contributed by atoms with Gasteiger partial charge in [0.15, 0.2) is 0 Å². The average molecular weight is 263 g/mol. The van der Waals surface area contributed by atoms with Crippen molar-refractivity contribution in [3.05, 3.63) is 35.9 Å². The van der Waals surface area contributed by atoms with Crippen LogP contribution in [0.15, 0.2) is 30.3 Å². The number of carbonyl (C=O) groups is 1. The molecule has 0 bridgehead atoms. The smallest absolute Gasteiger partial charge is 0.220 e. The molecule has 0 aliphatic carbocycles. The monoisotopic (exact) mass is 263 g/mol. The lowest BCUT2D eigenvalue weighted by Crippen LogP contribution is -2.42. The summed E-state index contributed by atoms with van der Waals surface area (Å²) in [5.41, 5.74) is 1.09. The Kier molecular flexibility index (Phi) is 7.19. The second-order valence-corrected chi connectivity index (χ2v) is 5.07. The van der Waals surface area contributed by atoms with Crippen LogP contribution in [0.3, 0.4) is 0 Å². The van der Waals surface area contributed by atoms with Crippen molar-refractivity contribution in [2.45, 2.75) is 58.1 Å². The Morgan fingerprint density at radius 3 is 2.58 bits per heavy atom. The molecule has 0 heterocycles. The van der Waals surface area contributed by atoms with Crippen molar-refractivity contribution in [3.63, 3.8) is 0 Å². The second-order valence-electron chi connectivity index (χ2n) is 5.07. The third kappa shape index (κ3) is 6.39. The van der Waals surface area contributed by atoms with Crippen LogP contribution in [0.5, 0.6) is 0 Å². The van der Waals surface area contributed by atoms with Gasteiger partial charge in [-0.3, -0.25) is 4.79 Å². The van der Waals surface area contributed by atoms with E-state index in [1.54, 1.807) is 0 Å². The molecule has 2 atom stereocenters. The molecule has 1 aromatic rings. The number of hydrogen-bond acceptors (Lipinski definition) is 2. The van der Waals surface area contributed by atoms with Crippen LogP contribution in [-0.2, 0) is 11.2 Å². The van der Waals surface area contributed by atoms with E-state index >= 15 is 0 Å². The number of rotatable bonds is 8. The van der Waals surface area contributed by atoms with Gasteiger partial charge in [0.05, 0.1) is 12.1 Å². The van der Waals surface area contributed by atoms with E-state index in [1.165, 1.54) is 0 Å². The Bertz CT molecular complexity index is 364. The maximum absolute atomic E-state index is 11.7. The van der Waals surface area contributed by atoms with Gasteiger partial charge in [0.2, 0.25) is 5.91 Å². The number of aliphatic hydroxyl groups is 1. The topological polar surface area (TPSA) is 49.3 Å². The summed E-state index contributed by atoms with van der Waals surface area (Å²) in [7, 11) is 0. The van der Waals surface area contributed by atoms with Gasteiger partial charge in [0.25, 0.3) is 0 Å². The molecule has 3 nitrogen and oxygen atoms in total. The van der Waals surface area contributed by atoms with Crippen LogP contribution < -0.4 is 5.32 Å². The van der Waals surface area contributed by atoms with E-state index in [1.807, 2.05) is 37.3 Å². The Hall–Kier alpha value is -1.35. The highest BCUT2D eigenvalue weighted by molar-refractivity contribution is 5.76. The minimum Gasteiger partial charge on any atom is -0.391 e. The number of amides is 1. The normalized spacial score (nSPS) is 13.8. The summed E-state index contributed by atoms with van der Waals surface area (Å²) < 4.78 is 0. The third-order valence-corrected chi connectivity index (χ3v) is 3.26. The zero-order valence-corrected chi connectivity index (χ0v) is 11.9. The number of benzene rings is 1. The van der Waals surface area contributed by atoms with Crippen LogP contribution in [0.1, 0.15) is 45.1 Å². The molecular weight excluding hydrogens is 238 g/mol. The van der Waals surface area contributed by atoms with Gasteiger partial charge < -0.3 is 10.4 Å². The summed E-state index contributed by atoms with van der Waals surface area (Å²) in [6, 6.07) is 9.62. The van der Waals surface area contributed by atoms with Gasteiger partial charge in [-0.25, -0.2) is 0 Å². The fourth-order valence-corrected chi connectivity index (χ4v) is 1.99.